The van der Waals surface area contributed by atoms with Crippen LogP contribution in [0.25, 0.3) is 0 Å². The van der Waals surface area contributed by atoms with Crippen LogP contribution in [0.1, 0.15) is 52.0 Å². The van der Waals surface area contributed by atoms with Gasteiger partial charge in [0.25, 0.3) is 0 Å². The second-order valence-corrected chi connectivity index (χ2v) is 8.56. The van der Waals surface area contributed by atoms with Gasteiger partial charge in [-0.1, -0.05) is 20.8 Å². The van der Waals surface area contributed by atoms with Gasteiger partial charge in [-0.2, -0.15) is 0 Å². The van der Waals surface area contributed by atoms with E-state index in [1.54, 1.807) is 14.2 Å². The number of benzene rings is 1. The lowest BCUT2D eigenvalue weighted by molar-refractivity contribution is -0.125. The van der Waals surface area contributed by atoms with Gasteiger partial charge in [-0.3, -0.25) is 4.79 Å². The van der Waals surface area contributed by atoms with Crippen molar-refractivity contribution in [2.75, 3.05) is 20.8 Å². The summed E-state index contributed by atoms with van der Waals surface area (Å²) in [5.41, 5.74) is 0.602. The molecule has 0 radical (unpaired) electrons. The maximum Gasteiger partial charge on any atom is 0.220 e. The van der Waals surface area contributed by atoms with E-state index in [0.717, 1.165) is 36.3 Å². The lowest BCUT2D eigenvalue weighted by Crippen LogP contribution is -2.57. The molecular weight excluding hydrogens is 330 g/mol. The number of amides is 1. The molecule has 0 heterocycles. The number of aliphatic hydroxyl groups excluding tert-OH is 1. The Bertz CT molecular complexity index is 606. The Morgan fingerprint density at radius 2 is 1.81 bits per heavy atom. The Kier molecular flexibility index (Phi) is 6.56. The molecule has 1 aliphatic rings. The van der Waals surface area contributed by atoms with Crippen molar-refractivity contribution in [2.45, 2.75) is 58.4 Å². The lowest BCUT2D eigenvalue weighted by Gasteiger charge is -2.47. The van der Waals surface area contributed by atoms with E-state index in [1.807, 2.05) is 18.2 Å². The Balaban J connectivity index is 2.01. The minimum absolute atomic E-state index is 0.0144. The fraction of sp³-hybridized carbons (Fsp3) is 0.667. The maximum absolute atomic E-state index is 12.6. The Labute approximate surface area is 157 Å². The molecule has 2 rings (SSSR count). The summed E-state index contributed by atoms with van der Waals surface area (Å²) in [6.45, 7) is 6.60. The Hall–Kier alpha value is -1.75. The first-order valence-corrected chi connectivity index (χ1v) is 9.35. The molecule has 2 atom stereocenters. The Morgan fingerprint density at radius 1 is 1.19 bits per heavy atom. The predicted molar refractivity (Wildman–Crippen MR) is 103 cm³/mol. The number of hydrogen-bond donors (Lipinski definition) is 2. The van der Waals surface area contributed by atoms with Crippen LogP contribution >= 0.6 is 0 Å². The van der Waals surface area contributed by atoms with Gasteiger partial charge in [0.15, 0.2) is 0 Å². The molecule has 5 heteroatoms. The minimum Gasteiger partial charge on any atom is -0.497 e. The molecule has 2 N–H and O–H groups in total. The maximum atomic E-state index is 12.6. The summed E-state index contributed by atoms with van der Waals surface area (Å²) in [7, 11) is 3.23. The van der Waals surface area contributed by atoms with Crippen molar-refractivity contribution in [3.63, 3.8) is 0 Å². The zero-order valence-electron chi connectivity index (χ0n) is 16.7. The number of carbonyl (C=O) groups excluding carboxylic acids is 1. The van der Waals surface area contributed by atoms with E-state index in [1.165, 1.54) is 0 Å². The van der Waals surface area contributed by atoms with Gasteiger partial charge in [0, 0.05) is 12.5 Å². The molecule has 146 valence electrons. The van der Waals surface area contributed by atoms with Crippen molar-refractivity contribution in [3.05, 3.63) is 23.8 Å². The van der Waals surface area contributed by atoms with E-state index >= 15 is 0 Å². The fourth-order valence-corrected chi connectivity index (χ4v) is 4.62. The average molecular weight is 363 g/mol. The third-order valence-corrected chi connectivity index (χ3v) is 5.22. The standard InChI is InChI=1S/C21H33NO4/c1-15-11-20(2,3)13-21(12-15,14-23)22-19(24)7-6-16-8-17(25-4)10-18(9-16)26-5/h8-10,15,23H,6-7,11-14H2,1-5H3,(H,22,24)/t15-,21+/m1/s1. The third kappa shape index (κ3) is 5.37. The summed E-state index contributed by atoms with van der Waals surface area (Å²) >= 11 is 0. The first-order valence-electron chi connectivity index (χ1n) is 9.35. The quantitative estimate of drug-likeness (QED) is 0.780. The van der Waals surface area contributed by atoms with Gasteiger partial charge in [0.1, 0.15) is 11.5 Å². The molecule has 1 aromatic rings. The average Bonchev–Trinajstić information content (AvgIpc) is 2.57. The molecule has 0 aliphatic heterocycles. The van der Waals surface area contributed by atoms with Crippen LogP contribution in [-0.4, -0.2) is 37.4 Å². The predicted octanol–water partition coefficient (Wildman–Crippen LogP) is 3.33. The normalized spacial score (nSPS) is 24.8. The molecule has 1 fully saturated rings. The number of nitrogens with one attached hydrogen (secondary N) is 1. The zero-order chi connectivity index (χ0) is 19.4. The van der Waals surface area contributed by atoms with E-state index < -0.39 is 5.54 Å². The molecule has 26 heavy (non-hydrogen) atoms. The van der Waals surface area contributed by atoms with Crippen LogP contribution in [0.5, 0.6) is 11.5 Å². The zero-order valence-corrected chi connectivity index (χ0v) is 16.7. The van der Waals surface area contributed by atoms with Crippen LogP contribution in [0.2, 0.25) is 0 Å². The van der Waals surface area contributed by atoms with E-state index in [9.17, 15) is 9.90 Å². The van der Waals surface area contributed by atoms with Gasteiger partial charge >= 0.3 is 0 Å². The number of ether oxygens (including phenoxy) is 2. The van der Waals surface area contributed by atoms with Crippen LogP contribution in [0, 0.1) is 11.3 Å². The van der Waals surface area contributed by atoms with Crippen LogP contribution in [-0.2, 0) is 11.2 Å². The van der Waals surface area contributed by atoms with E-state index in [-0.39, 0.29) is 17.9 Å². The molecule has 0 bridgehead atoms. The summed E-state index contributed by atoms with van der Waals surface area (Å²) in [6, 6.07) is 5.66. The van der Waals surface area contributed by atoms with Crippen molar-refractivity contribution in [1.29, 1.82) is 0 Å². The van der Waals surface area contributed by atoms with E-state index in [4.69, 9.17) is 9.47 Å². The van der Waals surface area contributed by atoms with Gasteiger partial charge in [0.2, 0.25) is 5.91 Å². The molecule has 1 aliphatic carbocycles. The molecule has 0 saturated heterocycles. The van der Waals surface area contributed by atoms with Crippen LogP contribution in [0.15, 0.2) is 18.2 Å². The number of carbonyl (C=O) groups is 1. The smallest absolute Gasteiger partial charge is 0.220 e. The van der Waals surface area contributed by atoms with Crippen LogP contribution in [0.3, 0.4) is 0 Å². The van der Waals surface area contributed by atoms with Gasteiger partial charge in [-0.05, 0) is 54.7 Å². The topological polar surface area (TPSA) is 67.8 Å². The second-order valence-electron chi connectivity index (χ2n) is 8.56. The highest BCUT2D eigenvalue weighted by molar-refractivity contribution is 5.77. The van der Waals surface area contributed by atoms with Gasteiger partial charge in [0.05, 0.1) is 26.4 Å². The summed E-state index contributed by atoms with van der Waals surface area (Å²) in [5, 5.41) is 13.2. The molecule has 5 nitrogen and oxygen atoms in total. The first kappa shape index (κ1) is 20.6. The largest absolute Gasteiger partial charge is 0.497 e. The molecule has 1 saturated carbocycles. The SMILES string of the molecule is COc1cc(CCC(=O)N[C@@]2(CO)C[C@H](C)CC(C)(C)C2)cc(OC)c1. The minimum atomic E-state index is -0.510. The van der Waals surface area contributed by atoms with Crippen molar-refractivity contribution in [2.24, 2.45) is 11.3 Å². The number of rotatable bonds is 7. The van der Waals surface area contributed by atoms with Crippen molar-refractivity contribution < 1.29 is 19.4 Å². The highest BCUT2D eigenvalue weighted by Crippen LogP contribution is 2.43. The fourth-order valence-electron chi connectivity index (χ4n) is 4.62. The van der Waals surface area contributed by atoms with Crippen LogP contribution in [0.4, 0.5) is 0 Å². The van der Waals surface area contributed by atoms with Crippen molar-refractivity contribution in [3.8, 4) is 11.5 Å². The second kappa shape index (κ2) is 8.30. The first-order chi connectivity index (χ1) is 12.2. The summed E-state index contributed by atoms with van der Waals surface area (Å²) in [4.78, 5) is 12.6. The van der Waals surface area contributed by atoms with E-state index in [0.29, 0.717) is 18.8 Å². The summed E-state index contributed by atoms with van der Waals surface area (Å²) in [6.07, 6.45) is 3.71. The molecule has 0 spiro atoms. The van der Waals surface area contributed by atoms with E-state index in [2.05, 4.69) is 26.1 Å². The monoisotopic (exact) mass is 363 g/mol. The number of aliphatic hydroxyl groups is 1. The molecular formula is C21H33NO4. The number of methoxy groups -OCH3 is 2. The number of hydrogen-bond acceptors (Lipinski definition) is 4. The number of aryl methyl sites for hydroxylation is 1. The molecule has 0 aromatic heterocycles. The summed E-state index contributed by atoms with van der Waals surface area (Å²) in [5.74, 6) is 1.89. The van der Waals surface area contributed by atoms with Crippen molar-refractivity contribution in [1.82, 2.24) is 5.32 Å². The van der Waals surface area contributed by atoms with Crippen molar-refractivity contribution >= 4 is 5.91 Å². The lowest BCUT2D eigenvalue weighted by atomic mass is 9.64. The Morgan fingerprint density at radius 3 is 2.31 bits per heavy atom. The molecule has 0 unspecified atom stereocenters. The molecule has 1 aromatic carbocycles. The van der Waals surface area contributed by atoms with Gasteiger partial charge in [-0.25, -0.2) is 0 Å². The third-order valence-electron chi connectivity index (χ3n) is 5.22. The van der Waals surface area contributed by atoms with Gasteiger partial charge in [-0.15, -0.1) is 0 Å². The summed E-state index contributed by atoms with van der Waals surface area (Å²) < 4.78 is 10.6. The van der Waals surface area contributed by atoms with Gasteiger partial charge < -0.3 is 19.9 Å². The highest BCUT2D eigenvalue weighted by Gasteiger charge is 2.43. The van der Waals surface area contributed by atoms with Crippen LogP contribution < -0.4 is 14.8 Å². The highest BCUT2D eigenvalue weighted by atomic mass is 16.5. The molecule has 1 amide bonds.